The number of carboxylic acid groups (broad SMARTS) is 1. The van der Waals surface area contributed by atoms with Crippen molar-refractivity contribution in [1.82, 2.24) is 15.1 Å². The van der Waals surface area contributed by atoms with Gasteiger partial charge in [0.15, 0.2) is 0 Å². The highest BCUT2D eigenvalue weighted by Crippen LogP contribution is 2.31. The van der Waals surface area contributed by atoms with Gasteiger partial charge in [-0.25, -0.2) is 4.68 Å². The Hall–Kier alpha value is -1.85. The maximum Gasteiger partial charge on any atom is 0.307 e. The minimum absolute atomic E-state index is 0.0419. The number of hydrogen-bond acceptors (Lipinski definition) is 3. The summed E-state index contributed by atoms with van der Waals surface area (Å²) in [7, 11) is 0. The fraction of sp³-hybridized carbons (Fsp3) is 0.286. The Kier molecular flexibility index (Phi) is 3.46. The van der Waals surface area contributed by atoms with E-state index in [0.29, 0.717) is 18.0 Å². The molecule has 1 saturated heterocycles. The molecule has 1 aliphatic heterocycles. The lowest BCUT2D eigenvalue weighted by molar-refractivity contribution is -0.141. The standard InChI is InChI=1S/C14H14ClN3O2/c15-11-6-9(12-7-10(8-16-12)14(19)20)2-3-13(11)18-5-1-4-17-18/h1-6,10,12,16H,7-8H2,(H,19,20). The Labute approximate surface area is 121 Å². The van der Waals surface area contributed by atoms with Crippen molar-refractivity contribution in [3.8, 4) is 5.69 Å². The van der Waals surface area contributed by atoms with Crippen LogP contribution in [-0.4, -0.2) is 27.4 Å². The van der Waals surface area contributed by atoms with Crippen molar-refractivity contribution in [2.75, 3.05) is 6.54 Å². The lowest BCUT2D eigenvalue weighted by Gasteiger charge is -2.13. The Balaban J connectivity index is 1.83. The Morgan fingerprint density at radius 2 is 2.35 bits per heavy atom. The maximum absolute atomic E-state index is 11.0. The van der Waals surface area contributed by atoms with E-state index in [1.807, 2.05) is 30.5 Å². The number of carbonyl (C=O) groups is 1. The molecule has 5 nitrogen and oxygen atoms in total. The molecule has 104 valence electrons. The number of carboxylic acids is 1. The first-order valence-corrected chi connectivity index (χ1v) is 6.78. The van der Waals surface area contributed by atoms with Gasteiger partial charge in [-0.15, -0.1) is 0 Å². The Bertz CT molecular complexity index is 627. The van der Waals surface area contributed by atoms with Crippen LogP contribution in [0.3, 0.4) is 0 Å². The van der Waals surface area contributed by atoms with Crippen molar-refractivity contribution < 1.29 is 9.90 Å². The fourth-order valence-corrected chi connectivity index (χ4v) is 2.79. The summed E-state index contributed by atoms with van der Waals surface area (Å²) in [5.41, 5.74) is 1.82. The molecule has 0 aliphatic carbocycles. The fourth-order valence-electron chi connectivity index (χ4n) is 2.51. The minimum atomic E-state index is -0.751. The van der Waals surface area contributed by atoms with E-state index in [9.17, 15) is 4.79 Å². The number of nitrogens with zero attached hydrogens (tertiary/aromatic N) is 2. The second kappa shape index (κ2) is 5.26. The summed E-state index contributed by atoms with van der Waals surface area (Å²) in [4.78, 5) is 11.0. The highest BCUT2D eigenvalue weighted by Gasteiger charge is 2.30. The van der Waals surface area contributed by atoms with E-state index in [-0.39, 0.29) is 12.0 Å². The summed E-state index contributed by atoms with van der Waals surface area (Å²) in [6, 6.07) is 7.62. The average molecular weight is 292 g/mol. The van der Waals surface area contributed by atoms with E-state index in [0.717, 1.165) is 11.3 Å². The van der Waals surface area contributed by atoms with Crippen LogP contribution in [0.1, 0.15) is 18.0 Å². The van der Waals surface area contributed by atoms with Crippen molar-refractivity contribution >= 4 is 17.6 Å². The van der Waals surface area contributed by atoms with Crippen molar-refractivity contribution in [2.24, 2.45) is 5.92 Å². The van der Waals surface area contributed by atoms with Gasteiger partial charge in [0.05, 0.1) is 16.6 Å². The lowest BCUT2D eigenvalue weighted by atomic mass is 10.00. The highest BCUT2D eigenvalue weighted by molar-refractivity contribution is 6.32. The molecule has 20 heavy (non-hydrogen) atoms. The third-order valence-electron chi connectivity index (χ3n) is 3.61. The number of aromatic nitrogens is 2. The van der Waals surface area contributed by atoms with Crippen LogP contribution in [0.15, 0.2) is 36.7 Å². The molecule has 2 unspecified atom stereocenters. The Morgan fingerprint density at radius 1 is 1.50 bits per heavy atom. The largest absolute Gasteiger partial charge is 0.481 e. The molecular weight excluding hydrogens is 278 g/mol. The van der Waals surface area contributed by atoms with Crippen LogP contribution in [0.4, 0.5) is 0 Å². The predicted octanol–water partition coefficient (Wildman–Crippen LogP) is 2.26. The minimum Gasteiger partial charge on any atom is -0.481 e. The van der Waals surface area contributed by atoms with E-state index < -0.39 is 5.97 Å². The van der Waals surface area contributed by atoms with Gasteiger partial charge in [0.1, 0.15) is 0 Å². The van der Waals surface area contributed by atoms with Gasteiger partial charge in [-0.2, -0.15) is 5.10 Å². The van der Waals surface area contributed by atoms with Crippen molar-refractivity contribution in [3.63, 3.8) is 0 Å². The molecule has 0 amide bonds. The molecule has 0 saturated carbocycles. The quantitative estimate of drug-likeness (QED) is 0.910. The van der Waals surface area contributed by atoms with Crippen LogP contribution in [0.2, 0.25) is 5.02 Å². The van der Waals surface area contributed by atoms with Gasteiger partial charge in [0.2, 0.25) is 0 Å². The number of halogens is 1. The first-order valence-electron chi connectivity index (χ1n) is 6.41. The van der Waals surface area contributed by atoms with E-state index >= 15 is 0 Å². The van der Waals surface area contributed by atoms with E-state index in [1.54, 1.807) is 10.9 Å². The first kappa shape index (κ1) is 13.1. The molecule has 2 atom stereocenters. The number of aliphatic carboxylic acids is 1. The van der Waals surface area contributed by atoms with Crippen LogP contribution < -0.4 is 5.32 Å². The monoisotopic (exact) mass is 291 g/mol. The molecule has 0 spiro atoms. The lowest BCUT2D eigenvalue weighted by Crippen LogP contribution is -2.17. The van der Waals surface area contributed by atoms with Crippen molar-refractivity contribution in [2.45, 2.75) is 12.5 Å². The van der Waals surface area contributed by atoms with Crippen LogP contribution in [-0.2, 0) is 4.79 Å². The summed E-state index contributed by atoms with van der Waals surface area (Å²) in [6.07, 6.45) is 4.11. The SMILES string of the molecule is O=C(O)C1CNC(c2ccc(-n3cccn3)c(Cl)c2)C1. The smallest absolute Gasteiger partial charge is 0.307 e. The summed E-state index contributed by atoms with van der Waals surface area (Å²) < 4.78 is 1.70. The number of hydrogen-bond donors (Lipinski definition) is 2. The summed E-state index contributed by atoms with van der Waals surface area (Å²) >= 11 is 6.29. The second-order valence-corrected chi connectivity index (χ2v) is 5.30. The zero-order valence-electron chi connectivity index (χ0n) is 10.7. The number of rotatable bonds is 3. The first-order chi connectivity index (χ1) is 9.65. The van der Waals surface area contributed by atoms with E-state index in [2.05, 4.69) is 10.4 Å². The number of benzene rings is 1. The molecule has 1 aromatic heterocycles. The van der Waals surface area contributed by atoms with Gasteiger partial charge in [0, 0.05) is 25.0 Å². The van der Waals surface area contributed by atoms with Crippen LogP contribution in [0, 0.1) is 5.92 Å². The average Bonchev–Trinajstić information content (AvgIpc) is 3.10. The molecule has 0 radical (unpaired) electrons. The zero-order chi connectivity index (χ0) is 14.1. The normalized spacial score (nSPS) is 22.1. The molecular formula is C14H14ClN3O2. The summed E-state index contributed by atoms with van der Waals surface area (Å²) in [6.45, 7) is 0.499. The van der Waals surface area contributed by atoms with Gasteiger partial charge in [-0.05, 0) is 30.2 Å². The van der Waals surface area contributed by atoms with Gasteiger partial charge in [-0.3, -0.25) is 4.79 Å². The summed E-state index contributed by atoms with van der Waals surface area (Å²) in [5.74, 6) is -1.08. The van der Waals surface area contributed by atoms with Gasteiger partial charge < -0.3 is 10.4 Å². The van der Waals surface area contributed by atoms with Crippen molar-refractivity contribution in [1.29, 1.82) is 0 Å². The van der Waals surface area contributed by atoms with Gasteiger partial charge in [0.25, 0.3) is 0 Å². The van der Waals surface area contributed by atoms with Gasteiger partial charge in [-0.1, -0.05) is 17.7 Å². The molecule has 3 rings (SSSR count). The molecule has 6 heteroatoms. The third-order valence-corrected chi connectivity index (χ3v) is 3.91. The van der Waals surface area contributed by atoms with Crippen LogP contribution >= 0.6 is 11.6 Å². The summed E-state index contributed by atoms with van der Waals surface area (Å²) in [5, 5.41) is 17.0. The van der Waals surface area contributed by atoms with Crippen LogP contribution in [0.25, 0.3) is 5.69 Å². The van der Waals surface area contributed by atoms with Gasteiger partial charge >= 0.3 is 5.97 Å². The zero-order valence-corrected chi connectivity index (χ0v) is 11.4. The number of nitrogens with one attached hydrogen (secondary N) is 1. The molecule has 2 N–H and O–H groups in total. The molecule has 1 aromatic carbocycles. The molecule has 0 bridgehead atoms. The molecule has 1 fully saturated rings. The van der Waals surface area contributed by atoms with Crippen LogP contribution in [0.5, 0.6) is 0 Å². The molecule has 2 aromatic rings. The van der Waals surface area contributed by atoms with E-state index in [4.69, 9.17) is 16.7 Å². The van der Waals surface area contributed by atoms with E-state index in [1.165, 1.54) is 0 Å². The van der Waals surface area contributed by atoms with Crippen molar-refractivity contribution in [3.05, 3.63) is 47.2 Å². The second-order valence-electron chi connectivity index (χ2n) is 4.89. The Morgan fingerprint density at radius 3 is 2.95 bits per heavy atom. The maximum atomic E-state index is 11.0. The predicted molar refractivity (Wildman–Crippen MR) is 75.1 cm³/mol. The molecule has 2 heterocycles. The topological polar surface area (TPSA) is 67.2 Å². The highest BCUT2D eigenvalue weighted by atomic mass is 35.5. The molecule has 1 aliphatic rings. The third kappa shape index (κ3) is 2.42.